The quantitative estimate of drug-likeness (QED) is 0.116. The Balaban J connectivity index is 0.000000187. The van der Waals surface area contributed by atoms with Crippen molar-refractivity contribution in [2.24, 2.45) is 0 Å². The average Bonchev–Trinajstić information content (AvgIpc) is 3.91. The average molecular weight is 881 g/mol. The van der Waals surface area contributed by atoms with E-state index in [0.29, 0.717) is 23.3 Å². The fourth-order valence-corrected chi connectivity index (χ4v) is 9.74. The Morgan fingerprint density at radius 3 is 1.42 bits per heavy atom. The van der Waals surface area contributed by atoms with Crippen molar-refractivity contribution in [1.82, 2.24) is 0 Å². The second-order valence-electron chi connectivity index (χ2n) is 14.6. The summed E-state index contributed by atoms with van der Waals surface area (Å²) in [6.45, 7) is 5.88. The van der Waals surface area contributed by atoms with E-state index in [4.69, 9.17) is 4.74 Å². The van der Waals surface area contributed by atoms with Crippen LogP contribution >= 0.6 is 22.7 Å². The van der Waals surface area contributed by atoms with Crippen LogP contribution < -0.4 is 0 Å². The number of benzene rings is 6. The molecule has 6 aromatic carbocycles. The van der Waals surface area contributed by atoms with Crippen LogP contribution in [0.3, 0.4) is 0 Å². The Morgan fingerprint density at radius 2 is 0.984 bits per heavy atom. The van der Waals surface area contributed by atoms with Gasteiger partial charge in [-0.25, -0.2) is 9.59 Å². The molecule has 2 atom stereocenters. The number of carbonyl (C=O) groups excluding carboxylic acids is 1. The van der Waals surface area contributed by atoms with Crippen molar-refractivity contribution < 1.29 is 45.8 Å². The number of fused-ring (bicyclic) bond motifs is 2. The topological polar surface area (TPSA) is 63.6 Å². The summed E-state index contributed by atoms with van der Waals surface area (Å²) < 4.78 is 85.8. The van der Waals surface area contributed by atoms with Crippen LogP contribution in [-0.4, -0.2) is 23.7 Å². The number of carboxylic acid groups (broad SMARTS) is 1. The summed E-state index contributed by atoms with van der Waals surface area (Å²) >= 11 is 3.08. The van der Waals surface area contributed by atoms with Gasteiger partial charge in [0.05, 0.1) is 28.9 Å². The van der Waals surface area contributed by atoms with E-state index in [-0.39, 0.29) is 23.4 Å². The van der Waals surface area contributed by atoms with Crippen molar-refractivity contribution in [2.75, 3.05) is 6.61 Å². The summed E-state index contributed by atoms with van der Waals surface area (Å²) in [5, 5.41) is 11.3. The molecule has 0 aliphatic rings. The largest absolute Gasteiger partial charge is 0.478 e. The van der Waals surface area contributed by atoms with Crippen LogP contribution in [0, 0.1) is 0 Å². The molecule has 8 rings (SSSR count). The molecule has 0 bridgehead atoms. The van der Waals surface area contributed by atoms with Crippen molar-refractivity contribution in [3.63, 3.8) is 0 Å². The predicted molar refractivity (Wildman–Crippen MR) is 235 cm³/mol. The summed E-state index contributed by atoms with van der Waals surface area (Å²) in [6, 6.07) is 40.7. The van der Waals surface area contributed by atoms with E-state index < -0.39 is 29.4 Å². The molecule has 1 N–H and O–H groups in total. The zero-order chi connectivity index (χ0) is 44.3. The summed E-state index contributed by atoms with van der Waals surface area (Å²) in [5.41, 5.74) is 4.18. The van der Waals surface area contributed by atoms with Crippen LogP contribution in [0.2, 0.25) is 0 Å². The number of halogens is 6. The van der Waals surface area contributed by atoms with Gasteiger partial charge < -0.3 is 9.84 Å². The van der Waals surface area contributed by atoms with E-state index >= 15 is 0 Å². The highest BCUT2D eigenvalue weighted by molar-refractivity contribution is 7.20. The molecule has 8 aromatic rings. The van der Waals surface area contributed by atoms with Crippen LogP contribution in [0.1, 0.15) is 85.3 Å². The summed E-state index contributed by atoms with van der Waals surface area (Å²) in [6.07, 6.45) is -8.74. The minimum atomic E-state index is -4.38. The number of carbonyl (C=O) groups is 2. The highest BCUT2D eigenvalue weighted by atomic mass is 32.1. The molecule has 0 aliphatic heterocycles. The normalized spacial score (nSPS) is 12.7. The van der Waals surface area contributed by atoms with Crippen LogP contribution in [-0.2, 0) is 17.1 Å². The zero-order valence-corrected chi connectivity index (χ0v) is 35.1. The first-order valence-electron chi connectivity index (χ1n) is 19.5. The Kier molecular flexibility index (Phi) is 12.7. The smallest absolute Gasteiger partial charge is 0.416 e. The minimum absolute atomic E-state index is 0.187. The van der Waals surface area contributed by atoms with Gasteiger partial charge in [-0.1, -0.05) is 111 Å². The maximum atomic E-state index is 13.1. The number of alkyl halides is 6. The van der Waals surface area contributed by atoms with Gasteiger partial charge >= 0.3 is 24.3 Å². The Morgan fingerprint density at radius 1 is 0.565 bits per heavy atom. The van der Waals surface area contributed by atoms with Gasteiger partial charge in [-0.15, -0.1) is 22.7 Å². The second-order valence-corrected chi connectivity index (χ2v) is 16.8. The number of ether oxygens (including phenoxy) is 1. The number of rotatable bonds is 9. The van der Waals surface area contributed by atoms with Crippen LogP contribution in [0.4, 0.5) is 26.3 Å². The molecule has 2 unspecified atom stereocenters. The lowest BCUT2D eigenvalue weighted by molar-refractivity contribution is -0.138. The van der Waals surface area contributed by atoms with Gasteiger partial charge in [0.2, 0.25) is 0 Å². The molecule has 0 aliphatic carbocycles. The van der Waals surface area contributed by atoms with Gasteiger partial charge in [-0.2, -0.15) is 26.3 Å². The van der Waals surface area contributed by atoms with Crippen molar-refractivity contribution in [1.29, 1.82) is 0 Å². The molecule has 62 heavy (non-hydrogen) atoms. The van der Waals surface area contributed by atoms with Crippen molar-refractivity contribution >= 4 is 54.8 Å². The lowest BCUT2D eigenvalue weighted by Gasteiger charge is -2.13. The molecule has 4 nitrogen and oxygen atoms in total. The lowest BCUT2D eigenvalue weighted by Crippen LogP contribution is -2.06. The van der Waals surface area contributed by atoms with Gasteiger partial charge in [-0.05, 0) is 99.6 Å². The Hall–Kier alpha value is -6.24. The summed E-state index contributed by atoms with van der Waals surface area (Å²) in [7, 11) is 0. The van der Waals surface area contributed by atoms with Gasteiger partial charge in [-0.3, -0.25) is 0 Å². The monoisotopic (exact) mass is 880 g/mol. The summed E-state index contributed by atoms with van der Waals surface area (Å²) in [5.74, 6) is -1.75. The van der Waals surface area contributed by atoms with Gasteiger partial charge in [0, 0.05) is 31.0 Å². The molecule has 0 saturated heterocycles. The number of thiophene rings is 2. The molecule has 12 heteroatoms. The van der Waals surface area contributed by atoms with E-state index in [9.17, 15) is 41.0 Å². The Bertz CT molecular complexity index is 2910. The standard InChI is InChI=1S/C26H21F3O2S.C24H17F3O2S/c1-3-31-25(30)20-10-4-8-18(13-20)22-12-6-9-19-15-23(32-24(19)22)16(2)17-7-5-11-21(14-17)26(27,28)29;1-14(15-5-3-9-19(12-15)24(25,26)27)21-13-17-7-4-10-20(22(17)30-21)16-6-2-8-18(11-16)23(28)29/h4-16H,3H2,1-2H3;2-14H,1H3,(H,28,29). The number of esters is 1. The van der Waals surface area contributed by atoms with Gasteiger partial charge in [0.25, 0.3) is 0 Å². The van der Waals surface area contributed by atoms with Gasteiger partial charge in [0.15, 0.2) is 0 Å². The minimum Gasteiger partial charge on any atom is -0.478 e. The summed E-state index contributed by atoms with van der Waals surface area (Å²) in [4.78, 5) is 25.4. The van der Waals surface area contributed by atoms with Crippen LogP contribution in [0.15, 0.2) is 146 Å². The van der Waals surface area contributed by atoms with Crippen molar-refractivity contribution in [3.8, 4) is 22.3 Å². The molecule has 0 amide bonds. The van der Waals surface area contributed by atoms with Gasteiger partial charge in [0.1, 0.15) is 0 Å². The van der Waals surface area contributed by atoms with E-state index in [1.165, 1.54) is 35.6 Å². The first kappa shape index (κ1) is 43.8. The highest BCUT2D eigenvalue weighted by Crippen LogP contribution is 2.42. The van der Waals surface area contributed by atoms with Crippen molar-refractivity contribution in [2.45, 2.75) is 45.0 Å². The van der Waals surface area contributed by atoms with Crippen molar-refractivity contribution in [3.05, 3.63) is 189 Å². The highest BCUT2D eigenvalue weighted by Gasteiger charge is 2.32. The third-order valence-electron chi connectivity index (χ3n) is 10.5. The molecular weight excluding hydrogens is 843 g/mol. The third kappa shape index (κ3) is 9.61. The van der Waals surface area contributed by atoms with E-state index in [0.717, 1.165) is 64.3 Å². The zero-order valence-electron chi connectivity index (χ0n) is 33.5. The van der Waals surface area contributed by atoms with Crippen LogP contribution in [0.5, 0.6) is 0 Å². The molecule has 2 aromatic heterocycles. The number of carboxylic acids is 1. The fraction of sp³-hybridized carbons (Fsp3) is 0.160. The second kappa shape index (κ2) is 18.0. The first-order chi connectivity index (χ1) is 29.5. The SMILES string of the molecule is CC(c1cccc(C(F)(F)F)c1)c1cc2cccc(-c3cccc(C(=O)O)c3)c2s1.CCOC(=O)c1cccc(-c2cccc3cc(C(C)c4cccc(C(F)(F)F)c4)sc23)c1. The van der Waals surface area contributed by atoms with E-state index in [2.05, 4.69) is 0 Å². The Labute approximate surface area is 361 Å². The number of hydrogen-bond acceptors (Lipinski definition) is 5. The number of aromatic carboxylic acids is 1. The molecule has 0 radical (unpaired) electrons. The molecule has 0 fully saturated rings. The van der Waals surface area contributed by atoms with Crippen LogP contribution in [0.25, 0.3) is 42.4 Å². The number of hydrogen-bond donors (Lipinski definition) is 1. The maximum absolute atomic E-state index is 13.1. The maximum Gasteiger partial charge on any atom is 0.416 e. The predicted octanol–water partition coefficient (Wildman–Crippen LogP) is 15.4. The van der Waals surface area contributed by atoms with E-state index in [1.807, 2.05) is 86.6 Å². The lowest BCUT2D eigenvalue weighted by atomic mass is 9.96. The molecule has 0 spiro atoms. The molecule has 316 valence electrons. The molecular formula is C50H38F6O4S2. The molecule has 0 saturated carbocycles. The fourth-order valence-electron chi connectivity index (χ4n) is 7.19. The molecule has 2 heterocycles. The third-order valence-corrected chi connectivity index (χ3v) is 13.2. The first-order valence-corrected chi connectivity index (χ1v) is 21.2. The van der Waals surface area contributed by atoms with E-state index in [1.54, 1.807) is 54.7 Å².